The molecule has 0 saturated carbocycles. The number of rotatable bonds is 9. The third-order valence-electron chi connectivity index (χ3n) is 3.77. The Kier molecular flexibility index (Phi) is 8.64. The van der Waals surface area contributed by atoms with E-state index in [1.807, 2.05) is 0 Å². The first-order chi connectivity index (χ1) is 8.77. The van der Waals surface area contributed by atoms with Crippen LogP contribution in [0, 0.1) is 0 Å². The van der Waals surface area contributed by atoms with Crippen molar-refractivity contribution in [2.75, 3.05) is 33.3 Å². The van der Waals surface area contributed by atoms with E-state index < -0.39 is 0 Å². The van der Waals surface area contributed by atoms with E-state index in [9.17, 15) is 0 Å². The number of nitrogens with one attached hydrogen (secondary N) is 1. The molecule has 1 aliphatic rings. The minimum atomic E-state index is 0.386. The quantitative estimate of drug-likeness (QED) is 0.642. The molecular formula is C15H32N2O. The average molecular weight is 256 g/mol. The Morgan fingerprint density at radius 1 is 1.22 bits per heavy atom. The maximum absolute atomic E-state index is 5.96. The van der Waals surface area contributed by atoms with Crippen molar-refractivity contribution in [3.63, 3.8) is 0 Å². The Hall–Kier alpha value is -0.120. The second-order valence-electron chi connectivity index (χ2n) is 5.58. The molecule has 108 valence electrons. The maximum Gasteiger partial charge on any atom is 0.0855 e. The smallest absolute Gasteiger partial charge is 0.0855 e. The van der Waals surface area contributed by atoms with Gasteiger partial charge < -0.3 is 15.0 Å². The minimum Gasteiger partial charge on any atom is -0.374 e. The summed E-state index contributed by atoms with van der Waals surface area (Å²) in [5.41, 5.74) is 0. The number of likely N-dealkylation sites (N-methyl/N-ethyl adjacent to an activating group) is 1. The van der Waals surface area contributed by atoms with Gasteiger partial charge in [-0.1, -0.05) is 39.5 Å². The zero-order chi connectivity index (χ0) is 13.2. The molecule has 1 N–H and O–H groups in total. The maximum atomic E-state index is 5.96. The summed E-state index contributed by atoms with van der Waals surface area (Å²) in [6, 6.07) is 0.546. The summed E-state index contributed by atoms with van der Waals surface area (Å²) in [6.45, 7) is 8.66. The van der Waals surface area contributed by atoms with E-state index >= 15 is 0 Å². The van der Waals surface area contributed by atoms with Gasteiger partial charge in [0.1, 0.15) is 0 Å². The van der Waals surface area contributed by atoms with Crippen molar-refractivity contribution in [1.29, 1.82) is 0 Å². The monoisotopic (exact) mass is 256 g/mol. The van der Waals surface area contributed by atoms with Gasteiger partial charge in [-0.15, -0.1) is 0 Å². The van der Waals surface area contributed by atoms with E-state index in [4.69, 9.17) is 4.74 Å². The third kappa shape index (κ3) is 6.17. The zero-order valence-corrected chi connectivity index (χ0v) is 12.6. The number of unbranched alkanes of at least 4 members (excludes halogenated alkanes) is 3. The summed E-state index contributed by atoms with van der Waals surface area (Å²) in [5.74, 6) is 0. The Balaban J connectivity index is 2.33. The number of ether oxygens (including phenoxy) is 1. The van der Waals surface area contributed by atoms with Crippen LogP contribution in [0.2, 0.25) is 0 Å². The molecule has 1 fully saturated rings. The lowest BCUT2D eigenvalue weighted by Gasteiger charge is -2.35. The van der Waals surface area contributed by atoms with Crippen LogP contribution in [-0.2, 0) is 4.74 Å². The van der Waals surface area contributed by atoms with Gasteiger partial charge in [0.15, 0.2) is 0 Å². The highest BCUT2D eigenvalue weighted by Gasteiger charge is 2.25. The van der Waals surface area contributed by atoms with E-state index in [-0.39, 0.29) is 0 Å². The highest BCUT2D eigenvalue weighted by atomic mass is 16.5. The van der Waals surface area contributed by atoms with Gasteiger partial charge in [-0.25, -0.2) is 0 Å². The lowest BCUT2D eigenvalue weighted by atomic mass is 10.0. The molecule has 18 heavy (non-hydrogen) atoms. The van der Waals surface area contributed by atoms with E-state index in [1.54, 1.807) is 0 Å². The van der Waals surface area contributed by atoms with Gasteiger partial charge in [0, 0.05) is 19.1 Å². The number of nitrogens with zero attached hydrogens (tertiary/aromatic N) is 1. The van der Waals surface area contributed by atoms with Gasteiger partial charge in [-0.2, -0.15) is 0 Å². The first-order valence-electron chi connectivity index (χ1n) is 7.81. The fourth-order valence-electron chi connectivity index (χ4n) is 2.59. The summed E-state index contributed by atoms with van der Waals surface area (Å²) in [5, 5.41) is 3.68. The van der Waals surface area contributed by atoms with Crippen LogP contribution in [0.15, 0.2) is 0 Å². The molecule has 1 saturated heterocycles. The molecule has 1 rings (SSSR count). The van der Waals surface area contributed by atoms with Crippen LogP contribution in [0.4, 0.5) is 0 Å². The zero-order valence-electron chi connectivity index (χ0n) is 12.6. The predicted molar refractivity (Wildman–Crippen MR) is 78.1 cm³/mol. The highest BCUT2D eigenvalue weighted by Crippen LogP contribution is 2.14. The molecule has 0 radical (unpaired) electrons. The van der Waals surface area contributed by atoms with Crippen LogP contribution < -0.4 is 5.32 Å². The first kappa shape index (κ1) is 15.9. The number of morpholine rings is 1. The number of hydrogen-bond donors (Lipinski definition) is 1. The molecule has 2 atom stereocenters. The summed E-state index contributed by atoms with van der Waals surface area (Å²) in [6.07, 6.45) is 8.23. The summed E-state index contributed by atoms with van der Waals surface area (Å²) < 4.78 is 5.96. The van der Waals surface area contributed by atoms with Crippen molar-refractivity contribution in [3.05, 3.63) is 0 Å². The second kappa shape index (κ2) is 9.76. The SMILES string of the molecule is CCCCCCC(NCCC)C1CN(C)CCO1. The minimum absolute atomic E-state index is 0.386. The Morgan fingerprint density at radius 2 is 2.06 bits per heavy atom. The Morgan fingerprint density at radius 3 is 2.72 bits per heavy atom. The molecule has 3 heteroatoms. The van der Waals surface area contributed by atoms with Crippen LogP contribution in [0.5, 0.6) is 0 Å². The normalized spacial score (nSPS) is 23.2. The highest BCUT2D eigenvalue weighted by molar-refractivity contribution is 4.82. The molecule has 0 aromatic carbocycles. The fourth-order valence-corrected chi connectivity index (χ4v) is 2.59. The molecule has 1 aliphatic heterocycles. The summed E-state index contributed by atoms with van der Waals surface area (Å²) >= 11 is 0. The summed E-state index contributed by atoms with van der Waals surface area (Å²) in [7, 11) is 2.20. The van der Waals surface area contributed by atoms with Crippen molar-refractivity contribution >= 4 is 0 Å². The van der Waals surface area contributed by atoms with E-state index in [2.05, 4.69) is 31.1 Å². The van der Waals surface area contributed by atoms with Crippen LogP contribution in [0.25, 0.3) is 0 Å². The Labute approximate surface area is 113 Å². The third-order valence-corrected chi connectivity index (χ3v) is 3.77. The molecule has 0 spiro atoms. The van der Waals surface area contributed by atoms with Crippen molar-refractivity contribution in [2.24, 2.45) is 0 Å². The van der Waals surface area contributed by atoms with Crippen LogP contribution in [0.1, 0.15) is 52.4 Å². The Bertz CT molecular complexity index is 199. The van der Waals surface area contributed by atoms with Gasteiger partial charge in [-0.3, -0.25) is 0 Å². The van der Waals surface area contributed by atoms with E-state index in [1.165, 1.54) is 38.5 Å². The molecule has 0 aromatic heterocycles. The molecule has 0 bridgehead atoms. The largest absolute Gasteiger partial charge is 0.374 e. The van der Waals surface area contributed by atoms with Gasteiger partial charge >= 0.3 is 0 Å². The molecule has 1 heterocycles. The van der Waals surface area contributed by atoms with Crippen LogP contribution >= 0.6 is 0 Å². The molecule has 0 aliphatic carbocycles. The lowest BCUT2D eigenvalue weighted by molar-refractivity contribution is -0.0402. The molecule has 0 amide bonds. The van der Waals surface area contributed by atoms with Crippen molar-refractivity contribution in [2.45, 2.75) is 64.5 Å². The standard InChI is InChI=1S/C15H32N2O/c1-4-6-7-8-9-14(16-10-5-2)15-13-17(3)11-12-18-15/h14-16H,4-13H2,1-3H3. The van der Waals surface area contributed by atoms with E-state index in [0.717, 1.165) is 26.2 Å². The molecule has 3 nitrogen and oxygen atoms in total. The van der Waals surface area contributed by atoms with Crippen LogP contribution in [-0.4, -0.2) is 50.3 Å². The van der Waals surface area contributed by atoms with Crippen LogP contribution in [0.3, 0.4) is 0 Å². The van der Waals surface area contributed by atoms with E-state index in [0.29, 0.717) is 12.1 Å². The van der Waals surface area contributed by atoms with Gasteiger partial charge in [0.05, 0.1) is 12.7 Å². The topological polar surface area (TPSA) is 24.5 Å². The first-order valence-corrected chi connectivity index (χ1v) is 7.81. The summed E-state index contributed by atoms with van der Waals surface area (Å²) in [4.78, 5) is 2.39. The molecular weight excluding hydrogens is 224 g/mol. The molecule has 2 unspecified atom stereocenters. The van der Waals surface area contributed by atoms with Crippen molar-refractivity contribution in [1.82, 2.24) is 10.2 Å². The predicted octanol–water partition coefficient (Wildman–Crippen LogP) is 2.66. The lowest BCUT2D eigenvalue weighted by Crippen LogP contribution is -2.51. The second-order valence-corrected chi connectivity index (χ2v) is 5.58. The molecule has 0 aromatic rings. The number of hydrogen-bond acceptors (Lipinski definition) is 3. The van der Waals surface area contributed by atoms with Crippen molar-refractivity contribution < 1.29 is 4.74 Å². The fraction of sp³-hybridized carbons (Fsp3) is 1.00. The average Bonchev–Trinajstić information content (AvgIpc) is 2.38. The van der Waals surface area contributed by atoms with Gasteiger partial charge in [-0.05, 0) is 26.4 Å². The van der Waals surface area contributed by atoms with Gasteiger partial charge in [0.25, 0.3) is 0 Å². The van der Waals surface area contributed by atoms with Crippen molar-refractivity contribution in [3.8, 4) is 0 Å². The van der Waals surface area contributed by atoms with Gasteiger partial charge in [0.2, 0.25) is 0 Å².